The van der Waals surface area contributed by atoms with Crippen LogP contribution in [-0.4, -0.2) is 35.5 Å². The zero-order valence-electron chi connectivity index (χ0n) is 12.2. The van der Waals surface area contributed by atoms with Crippen molar-refractivity contribution in [2.75, 3.05) is 13.7 Å². The van der Waals surface area contributed by atoms with Crippen LogP contribution in [0.1, 0.15) is 15.9 Å². The fourth-order valence-electron chi connectivity index (χ4n) is 2.05. The summed E-state index contributed by atoms with van der Waals surface area (Å²) >= 11 is 0. The molecule has 0 aliphatic rings. The number of phenols is 1. The van der Waals surface area contributed by atoms with Gasteiger partial charge in [-0.2, -0.15) is 0 Å². The van der Waals surface area contributed by atoms with Gasteiger partial charge in [0, 0.05) is 6.54 Å². The minimum atomic E-state index is -0.514. The molecule has 0 spiro atoms. The summed E-state index contributed by atoms with van der Waals surface area (Å²) in [6.45, 7) is 0.0711. The molecule has 2 aromatic carbocycles. The molecule has 1 amide bonds. The van der Waals surface area contributed by atoms with Crippen molar-refractivity contribution in [3.05, 3.63) is 65.7 Å². The van der Waals surface area contributed by atoms with Gasteiger partial charge in [-0.1, -0.05) is 42.5 Å². The second-order valence-electron chi connectivity index (χ2n) is 4.74. The Labute approximate surface area is 128 Å². The van der Waals surface area contributed by atoms with Crippen molar-refractivity contribution >= 4 is 11.9 Å². The van der Waals surface area contributed by atoms with E-state index in [-0.39, 0.29) is 24.4 Å². The van der Waals surface area contributed by atoms with Crippen LogP contribution >= 0.6 is 0 Å². The van der Waals surface area contributed by atoms with Crippen LogP contribution < -0.4 is 0 Å². The molecule has 0 saturated heterocycles. The average Bonchev–Trinajstić information content (AvgIpc) is 2.55. The van der Waals surface area contributed by atoms with Gasteiger partial charge in [0.2, 0.25) is 0 Å². The number of methoxy groups -OCH3 is 1. The standard InChI is InChI=1S/C17H17NO4/c1-22-16(20)12-18(11-13-7-3-2-4-8-13)17(21)14-9-5-6-10-15(14)19/h2-10,19H,11-12H2,1H3. The maximum Gasteiger partial charge on any atom is 0.325 e. The number of phenolic OH excluding ortho intramolecular Hbond substituents is 1. The molecule has 2 rings (SSSR count). The molecule has 5 heteroatoms. The molecule has 0 radical (unpaired) electrons. The van der Waals surface area contributed by atoms with Crippen molar-refractivity contribution < 1.29 is 19.4 Å². The normalized spacial score (nSPS) is 10.0. The highest BCUT2D eigenvalue weighted by Crippen LogP contribution is 2.19. The molecule has 0 saturated carbocycles. The van der Waals surface area contributed by atoms with E-state index in [1.165, 1.54) is 24.1 Å². The summed E-state index contributed by atoms with van der Waals surface area (Å²) in [6, 6.07) is 15.6. The molecule has 0 unspecified atom stereocenters. The summed E-state index contributed by atoms with van der Waals surface area (Å²) in [5, 5.41) is 9.82. The molecule has 0 aliphatic carbocycles. The first-order valence-corrected chi connectivity index (χ1v) is 6.80. The number of hydrogen-bond donors (Lipinski definition) is 1. The first-order chi connectivity index (χ1) is 10.6. The smallest absolute Gasteiger partial charge is 0.325 e. The maximum atomic E-state index is 12.6. The van der Waals surface area contributed by atoms with Crippen LogP contribution in [0, 0.1) is 0 Å². The van der Waals surface area contributed by atoms with Gasteiger partial charge in [-0.25, -0.2) is 0 Å². The molecule has 1 N–H and O–H groups in total. The number of para-hydroxylation sites is 1. The van der Waals surface area contributed by atoms with Crippen molar-refractivity contribution in [3.63, 3.8) is 0 Å². The van der Waals surface area contributed by atoms with Crippen LogP contribution in [0.2, 0.25) is 0 Å². The van der Waals surface area contributed by atoms with Gasteiger partial charge in [-0.15, -0.1) is 0 Å². The molecule has 114 valence electrons. The zero-order valence-corrected chi connectivity index (χ0v) is 12.2. The van der Waals surface area contributed by atoms with E-state index in [4.69, 9.17) is 0 Å². The lowest BCUT2D eigenvalue weighted by Gasteiger charge is -2.22. The third-order valence-electron chi connectivity index (χ3n) is 3.19. The Balaban J connectivity index is 2.25. The summed E-state index contributed by atoms with van der Waals surface area (Å²) in [5.41, 5.74) is 1.04. The second-order valence-corrected chi connectivity index (χ2v) is 4.74. The monoisotopic (exact) mass is 299 g/mol. The summed E-state index contributed by atoms with van der Waals surface area (Å²) in [6.07, 6.45) is 0. The fourth-order valence-corrected chi connectivity index (χ4v) is 2.05. The van der Waals surface area contributed by atoms with E-state index >= 15 is 0 Å². The van der Waals surface area contributed by atoms with Gasteiger partial charge in [0.25, 0.3) is 5.91 Å². The Bertz CT molecular complexity index is 655. The molecular weight excluding hydrogens is 282 g/mol. The van der Waals surface area contributed by atoms with Gasteiger partial charge in [-0.05, 0) is 17.7 Å². The number of ether oxygens (including phenoxy) is 1. The highest BCUT2D eigenvalue weighted by Gasteiger charge is 2.21. The van der Waals surface area contributed by atoms with Crippen molar-refractivity contribution in [1.29, 1.82) is 0 Å². The lowest BCUT2D eigenvalue weighted by atomic mass is 10.1. The van der Waals surface area contributed by atoms with E-state index in [9.17, 15) is 14.7 Å². The Kier molecular flexibility index (Phi) is 5.14. The second kappa shape index (κ2) is 7.26. The first-order valence-electron chi connectivity index (χ1n) is 6.80. The van der Waals surface area contributed by atoms with Crippen LogP contribution in [0.15, 0.2) is 54.6 Å². The number of nitrogens with zero attached hydrogens (tertiary/aromatic N) is 1. The van der Waals surface area contributed by atoms with Gasteiger partial charge in [0.1, 0.15) is 12.3 Å². The van der Waals surface area contributed by atoms with E-state index in [1.54, 1.807) is 12.1 Å². The highest BCUT2D eigenvalue weighted by molar-refractivity contribution is 5.98. The molecule has 0 heterocycles. The average molecular weight is 299 g/mol. The fraction of sp³-hybridized carbons (Fsp3) is 0.176. The predicted octanol–water partition coefficient (Wildman–Crippen LogP) is 2.21. The summed E-state index contributed by atoms with van der Waals surface area (Å²) in [5.74, 6) is -1.05. The third-order valence-corrected chi connectivity index (χ3v) is 3.19. The van der Waals surface area contributed by atoms with Crippen molar-refractivity contribution in [2.45, 2.75) is 6.54 Å². The van der Waals surface area contributed by atoms with Crippen molar-refractivity contribution in [2.24, 2.45) is 0 Å². The van der Waals surface area contributed by atoms with Crippen LogP contribution in [0.25, 0.3) is 0 Å². The number of carbonyl (C=O) groups is 2. The molecule has 2 aromatic rings. The zero-order chi connectivity index (χ0) is 15.9. The van der Waals surface area contributed by atoms with Gasteiger partial charge in [0.15, 0.2) is 0 Å². The van der Waals surface area contributed by atoms with Gasteiger partial charge in [0.05, 0.1) is 12.7 Å². The Morgan fingerprint density at radius 3 is 2.32 bits per heavy atom. The van der Waals surface area contributed by atoms with Crippen molar-refractivity contribution in [3.8, 4) is 5.75 Å². The number of aromatic hydroxyl groups is 1. The topological polar surface area (TPSA) is 66.8 Å². The SMILES string of the molecule is COC(=O)CN(Cc1ccccc1)C(=O)c1ccccc1O. The summed E-state index contributed by atoms with van der Waals surface area (Å²) < 4.78 is 4.64. The molecule has 0 aromatic heterocycles. The number of esters is 1. The summed E-state index contributed by atoms with van der Waals surface area (Å²) in [7, 11) is 1.27. The van der Waals surface area contributed by atoms with E-state index < -0.39 is 11.9 Å². The molecule has 0 fully saturated rings. The molecule has 0 atom stereocenters. The minimum Gasteiger partial charge on any atom is -0.507 e. The molecule has 5 nitrogen and oxygen atoms in total. The van der Waals surface area contributed by atoms with Gasteiger partial charge in [-0.3, -0.25) is 9.59 Å². The molecule has 0 bridgehead atoms. The van der Waals surface area contributed by atoms with E-state index in [0.717, 1.165) is 5.56 Å². The maximum absolute atomic E-state index is 12.6. The molecule has 22 heavy (non-hydrogen) atoms. The summed E-state index contributed by atoms with van der Waals surface area (Å²) in [4.78, 5) is 25.5. The molecular formula is C17H17NO4. The Hall–Kier alpha value is -2.82. The first kappa shape index (κ1) is 15.6. The number of rotatable bonds is 5. The lowest BCUT2D eigenvalue weighted by Crippen LogP contribution is -2.35. The Morgan fingerprint density at radius 2 is 1.68 bits per heavy atom. The number of carbonyl (C=O) groups excluding carboxylic acids is 2. The van der Waals surface area contributed by atoms with Crippen LogP contribution in [-0.2, 0) is 16.1 Å². The largest absolute Gasteiger partial charge is 0.507 e. The molecule has 0 aliphatic heterocycles. The van der Waals surface area contributed by atoms with Crippen LogP contribution in [0.5, 0.6) is 5.75 Å². The Morgan fingerprint density at radius 1 is 1.05 bits per heavy atom. The highest BCUT2D eigenvalue weighted by atomic mass is 16.5. The van der Waals surface area contributed by atoms with E-state index in [0.29, 0.717) is 0 Å². The van der Waals surface area contributed by atoms with E-state index in [1.807, 2.05) is 30.3 Å². The number of hydrogen-bond acceptors (Lipinski definition) is 4. The third kappa shape index (κ3) is 3.85. The minimum absolute atomic E-state index is 0.115. The van der Waals surface area contributed by atoms with Crippen molar-refractivity contribution in [1.82, 2.24) is 4.90 Å². The van der Waals surface area contributed by atoms with Gasteiger partial charge >= 0.3 is 5.97 Å². The van der Waals surface area contributed by atoms with E-state index in [2.05, 4.69) is 4.74 Å². The van der Waals surface area contributed by atoms with Crippen LogP contribution in [0.4, 0.5) is 0 Å². The predicted molar refractivity (Wildman–Crippen MR) is 81.3 cm³/mol. The lowest BCUT2D eigenvalue weighted by molar-refractivity contribution is -0.141. The quantitative estimate of drug-likeness (QED) is 0.860. The van der Waals surface area contributed by atoms with Gasteiger partial charge < -0.3 is 14.7 Å². The number of benzene rings is 2. The van der Waals surface area contributed by atoms with Crippen LogP contribution in [0.3, 0.4) is 0 Å². The number of amides is 1.